The lowest BCUT2D eigenvalue weighted by Gasteiger charge is -2.30. The van der Waals surface area contributed by atoms with Crippen LogP contribution >= 0.6 is 69.6 Å². The number of carboxylic acid groups (broad SMARTS) is 1. The number of phosphoric acid groups is 3. The average molecular weight is 1270 g/mol. The Labute approximate surface area is 448 Å². The Morgan fingerprint density at radius 3 is 2.35 bits per heavy atom. The molecule has 4 rings (SSSR count). The summed E-state index contributed by atoms with van der Waals surface area (Å²) < 4.78 is 63.4. The maximum atomic E-state index is 12.8. The number of nitrogens with one attached hydrogen (secondary N) is 4. The number of anilines is 1. The predicted octanol–water partition coefficient (Wildman–Crippen LogP) is -1.00. The van der Waals surface area contributed by atoms with Gasteiger partial charge in [-0.3, -0.25) is 46.9 Å². The van der Waals surface area contributed by atoms with Crippen LogP contribution in [0, 0.1) is 8.99 Å². The molecule has 31 nitrogen and oxygen atoms in total. The third-order valence-corrected chi connectivity index (χ3v) is 16.1. The number of benzene rings is 1. The summed E-state index contributed by atoms with van der Waals surface area (Å²) >= 11 is 4.31. The van der Waals surface area contributed by atoms with E-state index in [-0.39, 0.29) is 60.8 Å². The molecule has 37 heteroatoms. The third kappa shape index (κ3) is 21.2. The molecule has 0 radical (unpaired) electrons. The number of halogens is 1. The monoisotopic (exact) mass is 1270 g/mol. The fourth-order valence-electron chi connectivity index (χ4n) is 6.45. The quantitative estimate of drug-likeness (QED) is 0.0209. The van der Waals surface area contributed by atoms with Gasteiger partial charge in [-0.15, -0.1) is 0 Å². The molecule has 1 aromatic carbocycles. The van der Waals surface area contributed by atoms with Gasteiger partial charge in [-0.1, -0.05) is 37.7 Å². The summed E-state index contributed by atoms with van der Waals surface area (Å²) in [6.07, 6.45) is -7.60. The number of imidazole rings is 1. The van der Waals surface area contributed by atoms with E-state index >= 15 is 0 Å². The van der Waals surface area contributed by atoms with Crippen molar-refractivity contribution in [1.82, 2.24) is 40.8 Å². The number of aliphatic hydroxyl groups excluding tert-OH is 2. The Balaban J connectivity index is 1.14. The number of carbonyl (C=O) groups is 6. The highest BCUT2D eigenvalue weighted by atomic mass is 127. The van der Waals surface area contributed by atoms with E-state index in [0.29, 0.717) is 5.75 Å². The van der Waals surface area contributed by atoms with E-state index < -0.39 is 126 Å². The van der Waals surface area contributed by atoms with Crippen LogP contribution in [0.15, 0.2) is 36.9 Å². The van der Waals surface area contributed by atoms with Crippen LogP contribution in [0.25, 0.3) is 11.2 Å². The second-order valence-electron chi connectivity index (χ2n) is 16.8. The maximum absolute atomic E-state index is 12.8. The Hall–Kier alpha value is -3.77. The van der Waals surface area contributed by atoms with Gasteiger partial charge in [0, 0.05) is 52.2 Å². The minimum Gasteiger partial charge on any atom is -0.480 e. The highest BCUT2D eigenvalue weighted by Crippen LogP contribution is 2.61. The first kappa shape index (κ1) is 63.8. The molecule has 4 amide bonds. The molecule has 0 aliphatic carbocycles. The maximum Gasteiger partial charge on any atom is 0.481 e. The van der Waals surface area contributed by atoms with Crippen LogP contribution in [-0.4, -0.2) is 170 Å². The van der Waals surface area contributed by atoms with E-state index in [4.69, 9.17) is 30.4 Å². The van der Waals surface area contributed by atoms with Crippen molar-refractivity contribution >= 4 is 121 Å². The zero-order chi connectivity index (χ0) is 55.9. The van der Waals surface area contributed by atoms with E-state index in [0.717, 1.165) is 38.1 Å². The lowest BCUT2D eigenvalue weighted by Crippen LogP contribution is -2.49. The van der Waals surface area contributed by atoms with Crippen molar-refractivity contribution in [3.63, 3.8) is 0 Å². The number of aromatic nitrogens is 4. The summed E-state index contributed by atoms with van der Waals surface area (Å²) in [5, 5.41) is 39.7. The summed E-state index contributed by atoms with van der Waals surface area (Å²) in [5.74, 6) is -3.49. The Morgan fingerprint density at radius 2 is 1.67 bits per heavy atom. The Bertz CT molecular complexity index is 2660. The second kappa shape index (κ2) is 28.7. The van der Waals surface area contributed by atoms with Crippen molar-refractivity contribution in [2.45, 2.75) is 81.6 Å². The number of hydrogen-bond acceptors (Lipinski definition) is 23. The number of carbonyl (C=O) groups excluding carboxylic acids is 5. The number of thioether (sulfide) groups is 2. The normalized spacial score (nSPS) is 19.8. The van der Waals surface area contributed by atoms with Gasteiger partial charge in [0.25, 0.3) is 0 Å². The molecule has 75 heavy (non-hydrogen) atoms. The zero-order valence-corrected chi connectivity index (χ0v) is 46.1. The van der Waals surface area contributed by atoms with E-state index in [2.05, 4.69) is 67.6 Å². The first-order valence-corrected chi connectivity index (χ1v) is 29.6. The fourth-order valence-corrected chi connectivity index (χ4v) is 11.6. The number of aliphatic hydroxyl groups is 2. The van der Waals surface area contributed by atoms with Crippen molar-refractivity contribution in [3.8, 4) is 0 Å². The zero-order valence-electron chi connectivity index (χ0n) is 39.6. The van der Waals surface area contributed by atoms with Gasteiger partial charge in [-0.05, 0) is 46.7 Å². The average Bonchev–Trinajstić information content (AvgIpc) is 3.88. The lowest BCUT2D eigenvalue weighted by atomic mass is 9.87. The van der Waals surface area contributed by atoms with Gasteiger partial charge in [-0.25, -0.2) is 28.6 Å². The van der Waals surface area contributed by atoms with Gasteiger partial charge >= 0.3 is 29.4 Å². The molecular formula is C38H56IN10O21P3S2. The van der Waals surface area contributed by atoms with E-state index in [1.807, 2.05) is 24.3 Å². The van der Waals surface area contributed by atoms with Crippen LogP contribution < -0.4 is 32.7 Å². The van der Waals surface area contributed by atoms with Crippen LogP contribution in [0.3, 0.4) is 0 Å². The van der Waals surface area contributed by atoms with Crippen LogP contribution in [0.4, 0.5) is 5.82 Å². The molecule has 3 aromatic rings. The van der Waals surface area contributed by atoms with E-state index in [1.54, 1.807) is 0 Å². The number of nitrogens with two attached hydrogens (primary N) is 2. The number of hydrogen-bond donors (Lipinski definition) is 13. The first-order chi connectivity index (χ1) is 35.0. The molecule has 418 valence electrons. The van der Waals surface area contributed by atoms with Gasteiger partial charge in [0.2, 0.25) is 28.7 Å². The summed E-state index contributed by atoms with van der Waals surface area (Å²) in [6, 6.07) is 5.52. The number of nitrogens with zero attached hydrogens (tertiary/aromatic N) is 4. The number of amides is 4. The topological polar surface area (TPSA) is 485 Å². The molecule has 9 unspecified atom stereocenters. The minimum atomic E-state index is -5.63. The largest absolute Gasteiger partial charge is 0.481 e. The molecule has 9 atom stereocenters. The van der Waals surface area contributed by atoms with Crippen LogP contribution in [-0.2, 0) is 70.8 Å². The van der Waals surface area contributed by atoms with Crippen molar-refractivity contribution < 1.29 is 100.0 Å². The van der Waals surface area contributed by atoms with Crippen molar-refractivity contribution in [2.75, 3.05) is 50.1 Å². The summed E-state index contributed by atoms with van der Waals surface area (Å²) in [4.78, 5) is 125. The number of aliphatic carboxylic acids is 1. The van der Waals surface area contributed by atoms with Gasteiger partial charge in [0.05, 0.1) is 25.6 Å². The molecule has 1 aliphatic heterocycles. The second-order valence-corrected chi connectivity index (χ2v) is 24.4. The van der Waals surface area contributed by atoms with Crippen molar-refractivity contribution in [2.24, 2.45) is 11.1 Å². The van der Waals surface area contributed by atoms with Gasteiger partial charge in [-0.2, -0.15) is 16.1 Å². The fraction of sp³-hybridized carbons (Fsp3) is 0.553. The molecule has 1 aliphatic rings. The van der Waals surface area contributed by atoms with E-state index in [9.17, 15) is 72.2 Å². The highest BCUT2D eigenvalue weighted by Gasteiger charge is 2.50. The standard InChI is InChI=1S/C38H56IN10O21P3S2/c1-38(2,17-67-73(64,65)70-72(62,63)66-14-24-30(69-71(59,60)61)29(54)36(68-24)49-19-47-28-32(41)45-18-46-33(28)49)31(55)35(57)43-9-8-25(50)42-10-11-75-37(58)22(40)6-7-26(51)48-23(34(56)44-13-27(52)53)16-74-15-20-4-3-5-21(39)12-20/h3-5,12,18-19,22-24,29-31,36,54-55H,6-11,13-17,40H2,1-2H3,(H,42,50)(H,43,57)(H,44,56)(H,48,51)(H,52,53)(H,62,63)(H,64,65)(H2,41,45,46)(H2,59,60,61). The summed E-state index contributed by atoms with van der Waals surface area (Å²) in [5.41, 5.74) is 11.1. The van der Waals surface area contributed by atoms with Gasteiger partial charge < -0.3 is 72.4 Å². The Morgan fingerprint density at radius 1 is 0.960 bits per heavy atom. The molecule has 0 bridgehead atoms. The van der Waals surface area contributed by atoms with Crippen LogP contribution in [0.5, 0.6) is 0 Å². The SMILES string of the molecule is CC(C)(COP(=O)(O)OP(=O)(O)OCC1OC(n2cnc3c(N)ncnc32)C(O)C1OP(=O)(O)O)C(O)C(=O)NCCC(=O)NCCSC(=O)C(N)CCC(=O)NC(CSCc1cccc(I)c1)C(=O)NCC(=O)O. The molecular weight excluding hydrogens is 1220 g/mol. The molecule has 0 saturated carbocycles. The first-order valence-electron chi connectivity index (χ1n) is 21.9. The lowest BCUT2D eigenvalue weighted by molar-refractivity contribution is -0.138. The number of fused-ring (bicyclic) bond motifs is 1. The summed E-state index contributed by atoms with van der Waals surface area (Å²) in [7, 11) is -16.6. The summed E-state index contributed by atoms with van der Waals surface area (Å²) in [6.45, 7) is -0.656. The number of carboxylic acids is 1. The smallest absolute Gasteiger partial charge is 0.480 e. The van der Waals surface area contributed by atoms with Crippen LogP contribution in [0.1, 0.15) is 44.9 Å². The minimum absolute atomic E-state index is 0.00714. The predicted molar refractivity (Wildman–Crippen MR) is 272 cm³/mol. The number of nitrogen functional groups attached to an aromatic ring is 1. The molecule has 1 saturated heterocycles. The molecule has 0 spiro atoms. The highest BCUT2D eigenvalue weighted by molar-refractivity contribution is 14.1. The van der Waals surface area contributed by atoms with E-state index in [1.165, 1.54) is 25.6 Å². The van der Waals surface area contributed by atoms with Gasteiger partial charge in [0.15, 0.2) is 17.7 Å². The number of ether oxygens (including phenoxy) is 1. The molecule has 2 aromatic heterocycles. The van der Waals surface area contributed by atoms with Crippen molar-refractivity contribution in [3.05, 3.63) is 46.1 Å². The number of phosphoric ester groups is 3. The van der Waals surface area contributed by atoms with Gasteiger partial charge in [0.1, 0.15) is 48.8 Å². The third-order valence-electron chi connectivity index (χ3n) is 10.2. The van der Waals surface area contributed by atoms with Crippen LogP contribution in [0.2, 0.25) is 0 Å². The molecule has 1 fully saturated rings. The molecule has 3 heterocycles. The number of rotatable bonds is 31. The van der Waals surface area contributed by atoms with Crippen molar-refractivity contribution in [1.29, 1.82) is 0 Å². The molecule has 15 N–H and O–H groups in total. The Kier molecular flexibility index (Phi) is 24.4.